The molecule has 0 bridgehead atoms. The summed E-state index contributed by atoms with van der Waals surface area (Å²) >= 11 is 0. The zero-order valence-electron chi connectivity index (χ0n) is 12.7. The lowest BCUT2D eigenvalue weighted by Crippen LogP contribution is -2.45. The van der Waals surface area contributed by atoms with Crippen molar-refractivity contribution >= 4 is 5.91 Å². The molecule has 2 N–H and O–H groups in total. The molecule has 21 heavy (non-hydrogen) atoms. The zero-order valence-corrected chi connectivity index (χ0v) is 12.7. The molecule has 0 radical (unpaired) electrons. The van der Waals surface area contributed by atoms with Crippen molar-refractivity contribution < 1.29 is 9.90 Å². The second-order valence-electron chi connectivity index (χ2n) is 6.36. The molecule has 0 unspecified atom stereocenters. The number of aliphatic hydroxyl groups is 1. The van der Waals surface area contributed by atoms with E-state index in [1.165, 1.54) is 0 Å². The smallest absolute Gasteiger partial charge is 0.240 e. The summed E-state index contributed by atoms with van der Waals surface area (Å²) in [6.07, 6.45) is 0.940. The van der Waals surface area contributed by atoms with E-state index in [0.717, 1.165) is 23.4 Å². The van der Waals surface area contributed by atoms with E-state index >= 15 is 0 Å². The maximum atomic E-state index is 12.5. The van der Waals surface area contributed by atoms with Crippen LogP contribution in [0.5, 0.6) is 0 Å². The number of carbonyl (C=O) groups is 1. The SMILES string of the molecule is CC(C)c1ccc2c(n1)CCN(C(=O)[C@H]1C[C@H](O)CN1)C2. The Morgan fingerprint density at radius 3 is 2.95 bits per heavy atom. The number of aliphatic hydroxyl groups excluding tert-OH is 1. The Bertz CT molecular complexity index is 544. The van der Waals surface area contributed by atoms with E-state index in [0.29, 0.717) is 32.0 Å². The third-order valence-electron chi connectivity index (χ3n) is 4.38. The second-order valence-corrected chi connectivity index (χ2v) is 6.36. The summed E-state index contributed by atoms with van der Waals surface area (Å²) < 4.78 is 0. The van der Waals surface area contributed by atoms with Crippen LogP contribution in [0.25, 0.3) is 0 Å². The topological polar surface area (TPSA) is 65.5 Å². The van der Waals surface area contributed by atoms with Crippen LogP contribution in [0.3, 0.4) is 0 Å². The highest BCUT2D eigenvalue weighted by Gasteiger charge is 2.32. The van der Waals surface area contributed by atoms with Gasteiger partial charge in [0.2, 0.25) is 5.91 Å². The molecule has 1 fully saturated rings. The molecule has 0 spiro atoms. The fraction of sp³-hybridized carbons (Fsp3) is 0.625. The van der Waals surface area contributed by atoms with Crippen LogP contribution < -0.4 is 5.32 Å². The van der Waals surface area contributed by atoms with Crippen LogP contribution in [0.4, 0.5) is 0 Å². The van der Waals surface area contributed by atoms with Crippen molar-refractivity contribution in [3.8, 4) is 0 Å². The fourth-order valence-electron chi connectivity index (χ4n) is 3.07. The molecule has 2 aliphatic rings. The van der Waals surface area contributed by atoms with E-state index < -0.39 is 6.10 Å². The first kappa shape index (κ1) is 14.5. The van der Waals surface area contributed by atoms with E-state index in [4.69, 9.17) is 4.98 Å². The number of hydrogen-bond donors (Lipinski definition) is 2. The van der Waals surface area contributed by atoms with Gasteiger partial charge in [0.05, 0.1) is 12.1 Å². The number of hydrogen-bond acceptors (Lipinski definition) is 4. The molecule has 0 aliphatic carbocycles. The number of rotatable bonds is 2. The number of β-amino-alcohol motifs (C(OH)–C–C–N with tert-alkyl or cyclic N) is 1. The van der Waals surface area contributed by atoms with Gasteiger partial charge < -0.3 is 15.3 Å². The number of carbonyl (C=O) groups excluding carboxylic acids is 1. The van der Waals surface area contributed by atoms with Crippen LogP contribution in [-0.2, 0) is 17.8 Å². The highest BCUT2D eigenvalue weighted by molar-refractivity contribution is 5.82. The summed E-state index contributed by atoms with van der Waals surface area (Å²) in [5, 5.41) is 12.6. The van der Waals surface area contributed by atoms with Gasteiger partial charge in [0.25, 0.3) is 0 Å². The van der Waals surface area contributed by atoms with Gasteiger partial charge in [-0.1, -0.05) is 19.9 Å². The van der Waals surface area contributed by atoms with Crippen molar-refractivity contribution in [2.45, 2.75) is 51.3 Å². The third kappa shape index (κ3) is 2.94. The third-order valence-corrected chi connectivity index (χ3v) is 4.38. The summed E-state index contributed by atoms with van der Waals surface area (Å²) in [6.45, 7) is 6.15. The summed E-state index contributed by atoms with van der Waals surface area (Å²) in [4.78, 5) is 19.1. The maximum absolute atomic E-state index is 12.5. The highest BCUT2D eigenvalue weighted by Crippen LogP contribution is 2.22. The monoisotopic (exact) mass is 289 g/mol. The number of fused-ring (bicyclic) bond motifs is 1. The van der Waals surface area contributed by atoms with Crippen molar-refractivity contribution in [3.05, 3.63) is 29.1 Å². The van der Waals surface area contributed by atoms with Crippen LogP contribution in [0.1, 0.15) is 43.1 Å². The first-order valence-corrected chi connectivity index (χ1v) is 7.73. The summed E-state index contributed by atoms with van der Waals surface area (Å²) in [7, 11) is 0. The van der Waals surface area contributed by atoms with Crippen molar-refractivity contribution in [1.82, 2.24) is 15.2 Å². The van der Waals surface area contributed by atoms with E-state index in [1.807, 2.05) is 4.90 Å². The van der Waals surface area contributed by atoms with Gasteiger partial charge in [-0.05, 0) is 24.0 Å². The van der Waals surface area contributed by atoms with Gasteiger partial charge in [-0.3, -0.25) is 9.78 Å². The van der Waals surface area contributed by atoms with Gasteiger partial charge in [-0.2, -0.15) is 0 Å². The molecular formula is C16H23N3O2. The molecule has 0 aromatic carbocycles. The number of aromatic nitrogens is 1. The Kier molecular flexibility index (Phi) is 3.95. The molecule has 0 saturated carbocycles. The largest absolute Gasteiger partial charge is 0.392 e. The number of nitrogens with zero attached hydrogens (tertiary/aromatic N) is 2. The lowest BCUT2D eigenvalue weighted by Gasteiger charge is -2.30. The molecule has 1 saturated heterocycles. The minimum absolute atomic E-state index is 0.102. The van der Waals surface area contributed by atoms with Crippen LogP contribution in [0.2, 0.25) is 0 Å². The Balaban J connectivity index is 1.71. The summed E-state index contributed by atoms with van der Waals surface area (Å²) in [6, 6.07) is 3.94. The first-order valence-electron chi connectivity index (χ1n) is 7.73. The Labute approximate surface area is 125 Å². The first-order chi connectivity index (χ1) is 10.0. The average molecular weight is 289 g/mol. The molecule has 1 aromatic heterocycles. The van der Waals surface area contributed by atoms with Crippen molar-refractivity contribution in [1.29, 1.82) is 0 Å². The molecule has 5 heteroatoms. The van der Waals surface area contributed by atoms with E-state index in [-0.39, 0.29) is 11.9 Å². The fourth-order valence-corrected chi connectivity index (χ4v) is 3.07. The Morgan fingerprint density at radius 2 is 2.29 bits per heavy atom. The average Bonchev–Trinajstić information content (AvgIpc) is 2.91. The van der Waals surface area contributed by atoms with Gasteiger partial charge in [0.1, 0.15) is 0 Å². The minimum atomic E-state index is -0.397. The molecule has 2 aliphatic heterocycles. The van der Waals surface area contributed by atoms with Gasteiger partial charge >= 0.3 is 0 Å². The Morgan fingerprint density at radius 1 is 1.48 bits per heavy atom. The van der Waals surface area contributed by atoms with Crippen LogP contribution >= 0.6 is 0 Å². The van der Waals surface area contributed by atoms with Gasteiger partial charge in [-0.15, -0.1) is 0 Å². The van der Waals surface area contributed by atoms with Crippen LogP contribution in [0, 0.1) is 0 Å². The van der Waals surface area contributed by atoms with Crippen LogP contribution in [-0.4, -0.2) is 46.1 Å². The lowest BCUT2D eigenvalue weighted by atomic mass is 10.0. The molecule has 5 nitrogen and oxygen atoms in total. The molecular weight excluding hydrogens is 266 g/mol. The lowest BCUT2D eigenvalue weighted by molar-refractivity contribution is -0.134. The molecule has 2 atom stereocenters. The molecule has 1 aromatic rings. The maximum Gasteiger partial charge on any atom is 0.240 e. The quantitative estimate of drug-likeness (QED) is 0.846. The molecule has 1 amide bonds. The van der Waals surface area contributed by atoms with Gasteiger partial charge in [0.15, 0.2) is 0 Å². The predicted octanol–water partition coefficient (Wildman–Crippen LogP) is 0.812. The van der Waals surface area contributed by atoms with Crippen molar-refractivity contribution in [3.63, 3.8) is 0 Å². The number of nitrogens with one attached hydrogen (secondary N) is 1. The second kappa shape index (κ2) is 5.73. The highest BCUT2D eigenvalue weighted by atomic mass is 16.3. The van der Waals surface area contributed by atoms with E-state index in [1.54, 1.807) is 0 Å². The van der Waals surface area contributed by atoms with Crippen molar-refractivity contribution in [2.75, 3.05) is 13.1 Å². The minimum Gasteiger partial charge on any atom is -0.392 e. The number of pyridine rings is 1. The summed E-state index contributed by atoms with van der Waals surface area (Å²) in [5.41, 5.74) is 3.40. The zero-order chi connectivity index (χ0) is 15.0. The van der Waals surface area contributed by atoms with Crippen molar-refractivity contribution in [2.24, 2.45) is 0 Å². The Hall–Kier alpha value is -1.46. The molecule has 114 valence electrons. The predicted molar refractivity (Wildman–Crippen MR) is 79.9 cm³/mol. The standard InChI is InChI=1S/C16H23N3O2/c1-10(2)13-4-3-11-9-19(6-5-14(11)18-13)16(21)15-7-12(20)8-17-15/h3-4,10,12,15,17,20H,5-9H2,1-2H3/t12-,15+/m0/s1. The van der Waals surface area contributed by atoms with Gasteiger partial charge in [0, 0.05) is 37.4 Å². The van der Waals surface area contributed by atoms with Crippen LogP contribution in [0.15, 0.2) is 12.1 Å². The van der Waals surface area contributed by atoms with E-state index in [2.05, 4.69) is 31.3 Å². The van der Waals surface area contributed by atoms with E-state index in [9.17, 15) is 9.90 Å². The molecule has 3 heterocycles. The molecule has 3 rings (SSSR count). The number of amides is 1. The van der Waals surface area contributed by atoms with Gasteiger partial charge in [-0.25, -0.2) is 0 Å². The summed E-state index contributed by atoms with van der Waals surface area (Å²) in [5.74, 6) is 0.532. The normalized spacial score (nSPS) is 25.2.